The van der Waals surface area contributed by atoms with E-state index in [1.54, 1.807) is 12.1 Å². The molecule has 4 nitrogen and oxygen atoms in total. The Morgan fingerprint density at radius 3 is 2.53 bits per heavy atom. The van der Waals surface area contributed by atoms with Crippen molar-refractivity contribution < 1.29 is 4.79 Å². The number of nitrogens with zero attached hydrogens (tertiary/aromatic N) is 1. The third-order valence-corrected chi connectivity index (χ3v) is 5.93. The molecule has 1 aliphatic rings. The molecule has 4 heteroatoms. The minimum Gasteiger partial charge on any atom is -0.330 e. The predicted molar refractivity (Wildman–Crippen MR) is 119 cm³/mol. The molecule has 1 aliphatic heterocycles. The Hall–Kier alpha value is -3.66. The van der Waals surface area contributed by atoms with Crippen molar-refractivity contribution in [2.75, 3.05) is 6.54 Å². The van der Waals surface area contributed by atoms with Gasteiger partial charge in [0.1, 0.15) is 5.69 Å². The van der Waals surface area contributed by atoms with Gasteiger partial charge in [0.15, 0.2) is 0 Å². The van der Waals surface area contributed by atoms with Gasteiger partial charge in [-0.3, -0.25) is 9.59 Å². The van der Waals surface area contributed by atoms with Crippen LogP contribution in [0.5, 0.6) is 0 Å². The Morgan fingerprint density at radius 2 is 1.67 bits per heavy atom. The van der Waals surface area contributed by atoms with Gasteiger partial charge in [-0.1, -0.05) is 72.8 Å². The molecule has 1 aromatic heterocycles. The fourth-order valence-electron chi connectivity index (χ4n) is 4.43. The van der Waals surface area contributed by atoms with Crippen LogP contribution in [0.3, 0.4) is 0 Å². The summed E-state index contributed by atoms with van der Waals surface area (Å²) in [4.78, 5) is 30.8. The van der Waals surface area contributed by atoms with Crippen molar-refractivity contribution in [1.82, 2.24) is 9.88 Å². The van der Waals surface area contributed by atoms with Crippen LogP contribution in [0.15, 0.2) is 89.7 Å². The highest BCUT2D eigenvalue weighted by Gasteiger charge is 2.31. The highest BCUT2D eigenvalue weighted by atomic mass is 16.2. The maximum Gasteiger partial charge on any atom is 0.270 e. The van der Waals surface area contributed by atoms with Crippen molar-refractivity contribution in [3.8, 4) is 0 Å². The van der Waals surface area contributed by atoms with Crippen LogP contribution in [0, 0.1) is 0 Å². The monoisotopic (exact) mass is 394 g/mol. The number of carbonyl (C=O) groups is 1. The van der Waals surface area contributed by atoms with E-state index in [1.807, 2.05) is 47.4 Å². The number of fused-ring (bicyclic) bond motifs is 2. The molecule has 0 spiro atoms. The van der Waals surface area contributed by atoms with E-state index in [-0.39, 0.29) is 17.5 Å². The number of aromatic amines is 1. The maximum atomic E-state index is 13.6. The first-order valence-electron chi connectivity index (χ1n) is 10.3. The summed E-state index contributed by atoms with van der Waals surface area (Å²) in [5.74, 6) is -0.131. The topological polar surface area (TPSA) is 53.2 Å². The number of hydrogen-bond acceptors (Lipinski definition) is 2. The fourth-order valence-corrected chi connectivity index (χ4v) is 4.43. The molecule has 0 saturated heterocycles. The highest BCUT2D eigenvalue weighted by Crippen LogP contribution is 2.33. The van der Waals surface area contributed by atoms with Crippen LogP contribution in [0.25, 0.3) is 10.8 Å². The van der Waals surface area contributed by atoms with Gasteiger partial charge in [-0.2, -0.15) is 0 Å². The Kier molecular flexibility index (Phi) is 4.68. The zero-order valence-electron chi connectivity index (χ0n) is 16.5. The first-order chi connectivity index (χ1) is 14.7. The van der Waals surface area contributed by atoms with Gasteiger partial charge in [0.05, 0.1) is 6.04 Å². The summed E-state index contributed by atoms with van der Waals surface area (Å²) in [5.41, 5.74) is 3.77. The molecule has 3 aromatic carbocycles. The van der Waals surface area contributed by atoms with Crippen LogP contribution in [0.2, 0.25) is 0 Å². The number of carbonyl (C=O) groups excluding carboxylic acids is 1. The van der Waals surface area contributed by atoms with Gasteiger partial charge in [-0.15, -0.1) is 0 Å². The first kappa shape index (κ1) is 18.4. The molecule has 1 atom stereocenters. The second-order valence-corrected chi connectivity index (χ2v) is 7.75. The largest absolute Gasteiger partial charge is 0.330 e. The lowest BCUT2D eigenvalue weighted by Gasteiger charge is -2.37. The summed E-state index contributed by atoms with van der Waals surface area (Å²) in [7, 11) is 0. The number of hydrogen-bond donors (Lipinski definition) is 1. The molecule has 0 aliphatic carbocycles. The van der Waals surface area contributed by atoms with E-state index in [0.717, 1.165) is 18.2 Å². The Labute approximate surface area is 174 Å². The standard InChI is InChI=1S/C26H22N2O2/c29-25-22-13-7-5-11-20(22)17-23(27-25)26(30)28-15-14-19-10-4-6-12-21(19)24(28)16-18-8-2-1-3-9-18/h1-13,17,24H,14-16H2,(H,27,29). The molecule has 5 rings (SSSR count). The van der Waals surface area contributed by atoms with Crippen LogP contribution in [-0.2, 0) is 12.8 Å². The van der Waals surface area contributed by atoms with Gasteiger partial charge in [0.25, 0.3) is 11.5 Å². The second kappa shape index (κ2) is 7.64. The molecule has 148 valence electrons. The second-order valence-electron chi connectivity index (χ2n) is 7.75. The molecule has 30 heavy (non-hydrogen) atoms. The molecule has 1 N–H and O–H groups in total. The van der Waals surface area contributed by atoms with Crippen molar-refractivity contribution in [3.05, 3.63) is 118 Å². The SMILES string of the molecule is O=C(c1cc2ccccc2c(=O)[nH]1)N1CCc2ccccc2C1Cc1ccccc1. The summed E-state index contributed by atoms with van der Waals surface area (Å²) in [6.07, 6.45) is 1.55. The van der Waals surface area contributed by atoms with E-state index >= 15 is 0 Å². The lowest BCUT2D eigenvalue weighted by molar-refractivity contribution is 0.0654. The molecule has 2 heterocycles. The van der Waals surface area contributed by atoms with Gasteiger partial charge < -0.3 is 9.88 Å². The van der Waals surface area contributed by atoms with Gasteiger partial charge >= 0.3 is 0 Å². The van der Waals surface area contributed by atoms with E-state index < -0.39 is 0 Å². The smallest absolute Gasteiger partial charge is 0.270 e. The molecular formula is C26H22N2O2. The van der Waals surface area contributed by atoms with Crippen molar-refractivity contribution in [2.45, 2.75) is 18.9 Å². The van der Waals surface area contributed by atoms with Crippen LogP contribution in [0.1, 0.15) is 33.2 Å². The van der Waals surface area contributed by atoms with Crippen molar-refractivity contribution in [3.63, 3.8) is 0 Å². The van der Waals surface area contributed by atoms with Gasteiger partial charge in [-0.25, -0.2) is 0 Å². The van der Waals surface area contributed by atoms with Gasteiger partial charge in [0, 0.05) is 11.9 Å². The van der Waals surface area contributed by atoms with Crippen LogP contribution >= 0.6 is 0 Å². The molecule has 1 amide bonds. The third kappa shape index (κ3) is 3.30. The zero-order chi connectivity index (χ0) is 20.5. The van der Waals surface area contributed by atoms with Crippen molar-refractivity contribution >= 4 is 16.7 Å². The Morgan fingerprint density at radius 1 is 0.933 bits per heavy atom. The average molecular weight is 394 g/mol. The number of rotatable bonds is 3. The molecule has 1 unspecified atom stereocenters. The number of pyridine rings is 1. The molecular weight excluding hydrogens is 372 g/mol. The summed E-state index contributed by atoms with van der Waals surface area (Å²) in [6, 6.07) is 27.7. The molecule has 0 saturated carbocycles. The van der Waals surface area contributed by atoms with Crippen LogP contribution in [-0.4, -0.2) is 22.3 Å². The lowest BCUT2D eigenvalue weighted by atomic mass is 9.88. The average Bonchev–Trinajstić information content (AvgIpc) is 2.79. The summed E-state index contributed by atoms with van der Waals surface area (Å²) >= 11 is 0. The van der Waals surface area contributed by atoms with Gasteiger partial charge in [0.2, 0.25) is 0 Å². The van der Waals surface area contributed by atoms with E-state index in [0.29, 0.717) is 17.6 Å². The summed E-state index contributed by atoms with van der Waals surface area (Å²) in [6.45, 7) is 0.627. The van der Waals surface area contributed by atoms with E-state index in [2.05, 4.69) is 35.3 Å². The Bertz CT molecular complexity index is 1280. The summed E-state index contributed by atoms with van der Waals surface area (Å²) < 4.78 is 0. The zero-order valence-corrected chi connectivity index (χ0v) is 16.5. The van der Waals surface area contributed by atoms with Crippen LogP contribution < -0.4 is 5.56 Å². The lowest BCUT2D eigenvalue weighted by Crippen LogP contribution is -2.41. The van der Waals surface area contributed by atoms with E-state index in [1.165, 1.54) is 16.7 Å². The van der Waals surface area contributed by atoms with Crippen molar-refractivity contribution in [1.29, 1.82) is 0 Å². The van der Waals surface area contributed by atoms with E-state index in [4.69, 9.17) is 0 Å². The normalized spacial score (nSPS) is 15.7. The number of nitrogens with one attached hydrogen (secondary N) is 1. The quantitative estimate of drug-likeness (QED) is 0.556. The summed E-state index contributed by atoms with van der Waals surface area (Å²) in [5, 5.41) is 1.38. The molecule has 0 fully saturated rings. The number of H-pyrrole nitrogens is 1. The van der Waals surface area contributed by atoms with E-state index in [9.17, 15) is 9.59 Å². The fraction of sp³-hybridized carbons (Fsp3) is 0.154. The molecule has 0 radical (unpaired) electrons. The number of benzene rings is 3. The first-order valence-corrected chi connectivity index (χ1v) is 10.3. The number of aromatic nitrogens is 1. The Balaban J connectivity index is 1.56. The molecule has 4 aromatic rings. The minimum absolute atomic E-state index is 0.0696. The minimum atomic E-state index is -0.228. The highest BCUT2D eigenvalue weighted by molar-refractivity contribution is 5.96. The van der Waals surface area contributed by atoms with Gasteiger partial charge in [-0.05, 0) is 47.1 Å². The van der Waals surface area contributed by atoms with Crippen molar-refractivity contribution in [2.24, 2.45) is 0 Å². The third-order valence-electron chi connectivity index (χ3n) is 5.93. The van der Waals surface area contributed by atoms with Crippen LogP contribution in [0.4, 0.5) is 0 Å². The maximum absolute atomic E-state index is 13.6. The predicted octanol–water partition coefficient (Wildman–Crippen LogP) is 4.51. The molecule has 0 bridgehead atoms. The number of amides is 1.